The Morgan fingerprint density at radius 2 is 1.52 bits per heavy atom. The third kappa shape index (κ3) is 4.96. The van der Waals surface area contributed by atoms with Crippen LogP contribution in [-0.2, 0) is 25.2 Å². The number of nitrogens with zero attached hydrogens (tertiary/aromatic N) is 2. The standard InChI is InChI=1S/C22H24F6N4O/c23-21(24,25)18-10-14(11-19(31-18)22(26,27)28)30-13-5-7-15(8-6-13)32-16-4-2-1-3-12(16)9-17(32)20(29)33/h9-11,13,15H,1-8H2,(H2,29,33)(H,30,31). The van der Waals surface area contributed by atoms with Crippen LogP contribution in [-0.4, -0.2) is 21.5 Å². The lowest BCUT2D eigenvalue weighted by Gasteiger charge is -2.33. The molecule has 2 heterocycles. The molecule has 0 atom stereocenters. The fraction of sp³-hybridized carbons (Fsp3) is 0.545. The molecule has 0 aliphatic heterocycles. The molecule has 1 amide bonds. The minimum atomic E-state index is -4.99. The summed E-state index contributed by atoms with van der Waals surface area (Å²) in [5.41, 5.74) is 4.89. The first-order valence-corrected chi connectivity index (χ1v) is 10.9. The number of nitrogens with two attached hydrogens (primary N) is 1. The zero-order chi connectivity index (χ0) is 24.0. The number of halogens is 6. The van der Waals surface area contributed by atoms with Crippen molar-refractivity contribution in [1.82, 2.24) is 9.55 Å². The molecule has 4 rings (SSSR count). The number of pyridine rings is 1. The van der Waals surface area contributed by atoms with Gasteiger partial charge in [-0.1, -0.05) is 0 Å². The van der Waals surface area contributed by atoms with E-state index in [0.29, 0.717) is 43.5 Å². The first-order chi connectivity index (χ1) is 15.4. The summed E-state index contributed by atoms with van der Waals surface area (Å²) < 4.78 is 80.4. The van der Waals surface area contributed by atoms with E-state index < -0.39 is 29.6 Å². The van der Waals surface area contributed by atoms with Crippen molar-refractivity contribution in [2.75, 3.05) is 5.32 Å². The van der Waals surface area contributed by atoms with E-state index in [4.69, 9.17) is 5.73 Å². The van der Waals surface area contributed by atoms with Gasteiger partial charge in [-0.25, -0.2) is 4.98 Å². The summed E-state index contributed by atoms with van der Waals surface area (Å²) in [6.45, 7) is 0. The summed E-state index contributed by atoms with van der Waals surface area (Å²) in [7, 11) is 0. The minimum absolute atomic E-state index is 0.0151. The van der Waals surface area contributed by atoms with Crippen LogP contribution >= 0.6 is 0 Å². The van der Waals surface area contributed by atoms with Crippen LogP contribution in [0.2, 0.25) is 0 Å². The summed E-state index contributed by atoms with van der Waals surface area (Å²) >= 11 is 0. The Labute approximate surface area is 186 Å². The molecule has 0 saturated heterocycles. The average molecular weight is 474 g/mol. The summed E-state index contributed by atoms with van der Waals surface area (Å²) in [6, 6.07) is 2.79. The fourth-order valence-corrected chi connectivity index (χ4v) is 4.95. The minimum Gasteiger partial charge on any atom is -0.382 e. The Kier molecular flexibility index (Phi) is 6.09. The van der Waals surface area contributed by atoms with Gasteiger partial charge < -0.3 is 15.6 Å². The van der Waals surface area contributed by atoms with Crippen molar-refractivity contribution >= 4 is 11.6 Å². The van der Waals surface area contributed by atoms with Crippen molar-refractivity contribution in [2.24, 2.45) is 5.73 Å². The molecule has 0 spiro atoms. The number of alkyl halides is 6. The molecular weight excluding hydrogens is 450 g/mol. The number of carbonyl (C=O) groups excluding carboxylic acids is 1. The highest BCUT2D eigenvalue weighted by atomic mass is 19.4. The van der Waals surface area contributed by atoms with Gasteiger partial charge in [0.05, 0.1) is 0 Å². The molecule has 2 aliphatic rings. The predicted octanol–water partition coefficient (Wildman–Crippen LogP) is 5.49. The van der Waals surface area contributed by atoms with Crippen LogP contribution in [0.3, 0.4) is 0 Å². The SMILES string of the molecule is NC(=O)c1cc2c(n1C1CCC(Nc3cc(C(F)(F)F)nc(C(F)(F)F)c3)CC1)CCCC2. The van der Waals surface area contributed by atoms with Gasteiger partial charge in [-0.2, -0.15) is 26.3 Å². The van der Waals surface area contributed by atoms with Crippen molar-refractivity contribution in [3.05, 3.63) is 46.5 Å². The summed E-state index contributed by atoms with van der Waals surface area (Å²) in [5, 5.41) is 2.83. The van der Waals surface area contributed by atoms with Crippen LogP contribution in [0.5, 0.6) is 0 Å². The van der Waals surface area contributed by atoms with Crippen LogP contribution in [0.4, 0.5) is 32.0 Å². The molecule has 0 unspecified atom stereocenters. The van der Waals surface area contributed by atoms with Gasteiger partial charge in [-0.15, -0.1) is 0 Å². The molecule has 11 heteroatoms. The smallest absolute Gasteiger partial charge is 0.382 e. The number of nitrogens with one attached hydrogen (secondary N) is 1. The van der Waals surface area contributed by atoms with Gasteiger partial charge >= 0.3 is 12.4 Å². The molecule has 0 radical (unpaired) electrons. The number of anilines is 1. The number of carbonyl (C=O) groups is 1. The van der Waals surface area contributed by atoms with E-state index in [1.165, 1.54) is 0 Å². The van der Waals surface area contributed by atoms with Crippen LogP contribution in [0.1, 0.15) is 77.7 Å². The maximum Gasteiger partial charge on any atom is 0.433 e. The molecule has 2 aromatic rings. The Morgan fingerprint density at radius 3 is 2.06 bits per heavy atom. The van der Waals surface area contributed by atoms with Gasteiger partial charge in [0.1, 0.15) is 17.1 Å². The number of hydrogen-bond acceptors (Lipinski definition) is 3. The lowest BCUT2D eigenvalue weighted by Crippen LogP contribution is -2.30. The van der Waals surface area contributed by atoms with Crippen LogP contribution in [0.25, 0.3) is 0 Å². The van der Waals surface area contributed by atoms with Crippen LogP contribution < -0.4 is 11.1 Å². The molecule has 0 aromatic carbocycles. The Balaban J connectivity index is 1.51. The number of hydrogen-bond donors (Lipinski definition) is 2. The summed E-state index contributed by atoms with van der Waals surface area (Å²) in [4.78, 5) is 14.8. The first kappa shape index (κ1) is 23.4. The lowest BCUT2D eigenvalue weighted by atomic mass is 9.89. The number of rotatable bonds is 4. The van der Waals surface area contributed by atoms with E-state index in [-0.39, 0.29) is 17.8 Å². The number of amides is 1. The molecule has 2 aliphatic carbocycles. The maximum atomic E-state index is 13.1. The molecule has 33 heavy (non-hydrogen) atoms. The molecular formula is C22H24F6N4O. The zero-order valence-electron chi connectivity index (χ0n) is 17.7. The van der Waals surface area contributed by atoms with E-state index >= 15 is 0 Å². The van der Waals surface area contributed by atoms with Crippen molar-refractivity contribution in [2.45, 2.75) is 75.8 Å². The summed E-state index contributed by atoms with van der Waals surface area (Å²) in [5.74, 6) is -0.499. The van der Waals surface area contributed by atoms with Gasteiger partial charge in [-0.05, 0) is 75.1 Å². The van der Waals surface area contributed by atoms with Gasteiger partial charge in [0, 0.05) is 23.5 Å². The highest BCUT2D eigenvalue weighted by molar-refractivity contribution is 5.92. The topological polar surface area (TPSA) is 72.9 Å². The first-order valence-electron chi connectivity index (χ1n) is 10.9. The predicted molar refractivity (Wildman–Crippen MR) is 109 cm³/mol. The van der Waals surface area contributed by atoms with Gasteiger partial charge in [0.2, 0.25) is 0 Å². The van der Waals surface area contributed by atoms with E-state index in [0.717, 1.165) is 36.9 Å². The molecule has 0 bridgehead atoms. The number of primary amides is 1. The average Bonchev–Trinajstić information content (AvgIpc) is 3.13. The Morgan fingerprint density at radius 1 is 0.939 bits per heavy atom. The molecule has 1 fully saturated rings. The third-order valence-corrected chi connectivity index (χ3v) is 6.43. The number of aromatic nitrogens is 2. The van der Waals surface area contributed by atoms with E-state index in [2.05, 4.69) is 10.3 Å². The van der Waals surface area contributed by atoms with E-state index in [1.807, 2.05) is 10.6 Å². The van der Waals surface area contributed by atoms with Crippen LogP contribution in [0, 0.1) is 0 Å². The number of fused-ring (bicyclic) bond motifs is 1. The second kappa shape index (κ2) is 8.57. The number of aryl methyl sites for hydroxylation is 1. The monoisotopic (exact) mass is 474 g/mol. The highest BCUT2D eigenvalue weighted by Gasteiger charge is 2.39. The molecule has 5 nitrogen and oxygen atoms in total. The van der Waals surface area contributed by atoms with Crippen molar-refractivity contribution in [3.63, 3.8) is 0 Å². The second-order valence-electron chi connectivity index (χ2n) is 8.71. The van der Waals surface area contributed by atoms with Gasteiger partial charge in [0.25, 0.3) is 5.91 Å². The Hall–Kier alpha value is -2.72. The van der Waals surface area contributed by atoms with Crippen molar-refractivity contribution < 1.29 is 31.1 Å². The van der Waals surface area contributed by atoms with Crippen LogP contribution in [0.15, 0.2) is 18.2 Å². The quantitative estimate of drug-likeness (QED) is 0.576. The summed E-state index contributed by atoms with van der Waals surface area (Å²) in [6.07, 6.45) is -3.84. The fourth-order valence-electron chi connectivity index (χ4n) is 4.95. The normalized spacial score (nSPS) is 21.5. The lowest BCUT2D eigenvalue weighted by molar-refractivity contribution is -0.150. The third-order valence-electron chi connectivity index (χ3n) is 6.43. The molecule has 2 aromatic heterocycles. The van der Waals surface area contributed by atoms with Crippen molar-refractivity contribution in [3.8, 4) is 0 Å². The maximum absolute atomic E-state index is 13.1. The second-order valence-corrected chi connectivity index (χ2v) is 8.71. The van der Waals surface area contributed by atoms with Gasteiger partial charge in [0.15, 0.2) is 0 Å². The Bertz CT molecular complexity index is 1000. The van der Waals surface area contributed by atoms with E-state index in [9.17, 15) is 31.1 Å². The van der Waals surface area contributed by atoms with Crippen molar-refractivity contribution in [1.29, 1.82) is 0 Å². The zero-order valence-corrected chi connectivity index (χ0v) is 17.7. The highest BCUT2D eigenvalue weighted by Crippen LogP contribution is 2.38. The molecule has 1 saturated carbocycles. The van der Waals surface area contributed by atoms with Gasteiger partial charge in [-0.3, -0.25) is 4.79 Å². The largest absolute Gasteiger partial charge is 0.433 e. The van der Waals surface area contributed by atoms with E-state index in [1.54, 1.807) is 0 Å². The molecule has 3 N–H and O–H groups in total. The molecule has 180 valence electrons.